The number of carbonyl (C=O) groups excluding carboxylic acids is 1. The van der Waals surface area contributed by atoms with Crippen LogP contribution < -0.4 is 5.73 Å². The molecule has 0 unspecified atom stereocenters. The quantitative estimate of drug-likeness (QED) is 0.772. The summed E-state index contributed by atoms with van der Waals surface area (Å²) in [7, 11) is 0. The number of aryl methyl sites for hydroxylation is 2. The van der Waals surface area contributed by atoms with Gasteiger partial charge in [0.2, 0.25) is 5.91 Å². The molecule has 3 rings (SSSR count). The zero-order chi connectivity index (χ0) is 15.0. The third-order valence-electron chi connectivity index (χ3n) is 3.68. The van der Waals surface area contributed by atoms with Gasteiger partial charge in [-0.25, -0.2) is 0 Å². The molecule has 0 fully saturated rings. The second-order valence-corrected chi connectivity index (χ2v) is 5.08. The Morgan fingerprint density at radius 3 is 2.86 bits per heavy atom. The number of H-pyrrole nitrogens is 1. The number of primary amides is 1. The van der Waals surface area contributed by atoms with Crippen LogP contribution in [-0.2, 0) is 17.6 Å². The van der Waals surface area contributed by atoms with Crippen molar-refractivity contribution < 1.29 is 9.32 Å². The number of benzene rings is 1. The van der Waals surface area contributed by atoms with Crippen molar-refractivity contribution in [3.8, 4) is 11.3 Å². The lowest BCUT2D eigenvalue weighted by atomic mass is 10.0. The van der Waals surface area contributed by atoms with E-state index in [1.54, 1.807) is 0 Å². The summed E-state index contributed by atoms with van der Waals surface area (Å²) in [4.78, 5) is 14.8. The van der Waals surface area contributed by atoms with E-state index >= 15 is 0 Å². The van der Waals surface area contributed by atoms with Gasteiger partial charge in [-0.1, -0.05) is 30.3 Å². The fourth-order valence-corrected chi connectivity index (χ4v) is 2.75. The molecule has 21 heavy (non-hydrogen) atoms. The number of aromatic amines is 1. The number of fused-ring (bicyclic) bond motifs is 1. The van der Waals surface area contributed by atoms with Crippen LogP contribution in [0.1, 0.15) is 23.9 Å². The van der Waals surface area contributed by atoms with Gasteiger partial charge in [-0.05, 0) is 25.0 Å². The predicted molar refractivity (Wildman–Crippen MR) is 80.8 cm³/mol. The molecule has 3 aromatic rings. The molecule has 0 bridgehead atoms. The summed E-state index contributed by atoms with van der Waals surface area (Å²) >= 11 is 0. The van der Waals surface area contributed by atoms with E-state index in [9.17, 15) is 4.79 Å². The molecule has 0 aliphatic heterocycles. The first-order valence-corrected chi connectivity index (χ1v) is 6.95. The third-order valence-corrected chi connectivity index (χ3v) is 3.68. The van der Waals surface area contributed by atoms with Crippen LogP contribution in [0.2, 0.25) is 0 Å². The summed E-state index contributed by atoms with van der Waals surface area (Å²) in [6.45, 7) is 3.90. The van der Waals surface area contributed by atoms with Crippen LogP contribution in [0.5, 0.6) is 0 Å². The average molecular weight is 283 g/mol. The van der Waals surface area contributed by atoms with Crippen LogP contribution in [0.15, 0.2) is 28.8 Å². The Labute approximate surface area is 122 Å². The topological polar surface area (TPSA) is 84.9 Å². The van der Waals surface area contributed by atoms with Crippen LogP contribution in [0.25, 0.3) is 22.2 Å². The molecule has 0 aliphatic carbocycles. The molecule has 0 spiro atoms. The lowest BCUT2D eigenvalue weighted by molar-refractivity contribution is -0.117. The molecule has 1 aromatic carbocycles. The fourth-order valence-electron chi connectivity index (χ4n) is 2.75. The molecule has 0 aliphatic rings. The minimum Gasteiger partial charge on any atom is -0.369 e. The van der Waals surface area contributed by atoms with Crippen LogP contribution in [0, 0.1) is 6.92 Å². The highest BCUT2D eigenvalue weighted by Crippen LogP contribution is 2.34. The van der Waals surface area contributed by atoms with Crippen LogP contribution in [0.4, 0.5) is 0 Å². The van der Waals surface area contributed by atoms with Crippen molar-refractivity contribution in [2.45, 2.75) is 26.7 Å². The number of aromatic nitrogens is 2. The Bertz CT molecular complexity index is 814. The number of nitrogens with two attached hydrogens (primary N) is 1. The van der Waals surface area contributed by atoms with Gasteiger partial charge < -0.3 is 15.2 Å². The Morgan fingerprint density at radius 2 is 2.14 bits per heavy atom. The van der Waals surface area contributed by atoms with Crippen LogP contribution in [0.3, 0.4) is 0 Å². The van der Waals surface area contributed by atoms with Crippen molar-refractivity contribution in [3.05, 3.63) is 41.3 Å². The first-order valence-electron chi connectivity index (χ1n) is 6.95. The average Bonchev–Trinajstić information content (AvgIpc) is 2.99. The van der Waals surface area contributed by atoms with Gasteiger partial charge in [0.25, 0.3) is 0 Å². The smallest absolute Gasteiger partial charge is 0.221 e. The maximum absolute atomic E-state index is 11.4. The van der Waals surface area contributed by atoms with E-state index in [-0.39, 0.29) is 12.3 Å². The Morgan fingerprint density at radius 1 is 1.38 bits per heavy atom. The first-order chi connectivity index (χ1) is 10.1. The number of nitrogens with one attached hydrogen (secondary N) is 1. The molecule has 108 valence electrons. The Hall–Kier alpha value is -2.56. The molecule has 0 saturated carbocycles. The first kappa shape index (κ1) is 13.4. The number of hydrogen-bond acceptors (Lipinski definition) is 3. The third kappa shape index (κ3) is 2.20. The van der Waals surface area contributed by atoms with E-state index in [0.29, 0.717) is 0 Å². The van der Waals surface area contributed by atoms with E-state index < -0.39 is 0 Å². The molecule has 0 radical (unpaired) electrons. The normalized spacial score (nSPS) is 11.1. The van der Waals surface area contributed by atoms with Crippen molar-refractivity contribution >= 4 is 16.8 Å². The molecule has 3 N–H and O–H groups in total. The van der Waals surface area contributed by atoms with E-state index in [1.165, 1.54) is 0 Å². The van der Waals surface area contributed by atoms with E-state index in [4.69, 9.17) is 10.3 Å². The van der Waals surface area contributed by atoms with Gasteiger partial charge in [-0.15, -0.1) is 0 Å². The number of rotatable bonds is 4. The zero-order valence-corrected chi connectivity index (χ0v) is 12.1. The van der Waals surface area contributed by atoms with Crippen LogP contribution >= 0.6 is 0 Å². The predicted octanol–water partition coefficient (Wildman–Crippen LogP) is 2.72. The second kappa shape index (κ2) is 5.09. The fraction of sp³-hybridized carbons (Fsp3) is 0.250. The molecule has 0 saturated heterocycles. The highest BCUT2D eigenvalue weighted by Gasteiger charge is 2.21. The van der Waals surface area contributed by atoms with Crippen molar-refractivity contribution in [3.63, 3.8) is 0 Å². The Balaban J connectivity index is 2.30. The maximum Gasteiger partial charge on any atom is 0.221 e. The summed E-state index contributed by atoms with van der Waals surface area (Å²) in [6, 6.07) is 7.88. The van der Waals surface area contributed by atoms with Crippen molar-refractivity contribution in [2.75, 3.05) is 0 Å². The molecule has 0 atom stereocenters. The monoisotopic (exact) mass is 283 g/mol. The van der Waals surface area contributed by atoms with Crippen molar-refractivity contribution in [2.24, 2.45) is 5.73 Å². The highest BCUT2D eigenvalue weighted by molar-refractivity contribution is 5.95. The zero-order valence-electron chi connectivity index (χ0n) is 12.1. The van der Waals surface area contributed by atoms with Gasteiger partial charge in [0, 0.05) is 10.9 Å². The number of amides is 1. The number of carbonyl (C=O) groups is 1. The minimum atomic E-state index is -0.354. The molecule has 1 amide bonds. The number of hydrogen-bond donors (Lipinski definition) is 2. The summed E-state index contributed by atoms with van der Waals surface area (Å²) in [5.41, 5.74) is 9.99. The number of para-hydroxylation sites is 1. The molecule has 5 heteroatoms. The van der Waals surface area contributed by atoms with E-state index in [0.717, 1.165) is 45.6 Å². The molecule has 2 heterocycles. The maximum atomic E-state index is 11.4. The molecule has 5 nitrogen and oxygen atoms in total. The van der Waals surface area contributed by atoms with E-state index in [2.05, 4.69) is 10.1 Å². The standard InChI is InChI=1S/C16H17N3O2/c1-3-12-15(9(2)21-19-12)16-11(8-14(17)20)10-6-4-5-7-13(10)18-16/h4-7,18H,3,8H2,1-2H3,(H2,17,20). The molecule has 2 aromatic heterocycles. The summed E-state index contributed by atoms with van der Waals surface area (Å²) < 4.78 is 5.31. The molecular formula is C16H17N3O2. The van der Waals surface area contributed by atoms with E-state index in [1.807, 2.05) is 38.1 Å². The molecular weight excluding hydrogens is 266 g/mol. The van der Waals surface area contributed by atoms with Gasteiger partial charge in [-0.3, -0.25) is 4.79 Å². The summed E-state index contributed by atoms with van der Waals surface area (Å²) in [6.07, 6.45) is 0.950. The second-order valence-electron chi connectivity index (χ2n) is 5.08. The SMILES string of the molecule is CCc1noc(C)c1-c1[nH]c2ccccc2c1CC(N)=O. The highest BCUT2D eigenvalue weighted by atomic mass is 16.5. The Kier molecular flexibility index (Phi) is 3.25. The van der Waals surface area contributed by atoms with Gasteiger partial charge >= 0.3 is 0 Å². The van der Waals surface area contributed by atoms with Crippen molar-refractivity contribution in [1.29, 1.82) is 0 Å². The summed E-state index contributed by atoms with van der Waals surface area (Å²) in [5, 5.41) is 5.10. The lowest BCUT2D eigenvalue weighted by Gasteiger charge is -2.03. The van der Waals surface area contributed by atoms with Crippen LogP contribution in [-0.4, -0.2) is 16.0 Å². The lowest BCUT2D eigenvalue weighted by Crippen LogP contribution is -2.14. The summed E-state index contributed by atoms with van der Waals surface area (Å²) in [5.74, 6) is 0.386. The number of nitrogens with zero attached hydrogens (tertiary/aromatic N) is 1. The van der Waals surface area contributed by atoms with Gasteiger partial charge in [-0.2, -0.15) is 0 Å². The largest absolute Gasteiger partial charge is 0.369 e. The van der Waals surface area contributed by atoms with Gasteiger partial charge in [0.1, 0.15) is 5.76 Å². The van der Waals surface area contributed by atoms with Gasteiger partial charge in [0.05, 0.1) is 23.4 Å². The van der Waals surface area contributed by atoms with Gasteiger partial charge in [0.15, 0.2) is 0 Å². The van der Waals surface area contributed by atoms with Crippen molar-refractivity contribution in [1.82, 2.24) is 10.1 Å². The minimum absolute atomic E-state index is 0.188.